The number of rotatable bonds is 5. The number of hydrogen-bond donors (Lipinski definition) is 1. The number of benzene rings is 2. The van der Waals surface area contributed by atoms with Gasteiger partial charge in [-0.25, -0.2) is 8.78 Å². The van der Waals surface area contributed by atoms with Crippen LogP contribution < -0.4 is 9.64 Å². The Labute approximate surface area is 255 Å². The zero-order valence-electron chi connectivity index (χ0n) is 24.0. The summed E-state index contributed by atoms with van der Waals surface area (Å²) >= 11 is 0. The summed E-state index contributed by atoms with van der Waals surface area (Å²) in [5.74, 6) is 2.41. The number of hydrogen-bond acceptors (Lipinski definition) is 8. The lowest BCUT2D eigenvalue weighted by Crippen LogP contribution is -2.45. The summed E-state index contributed by atoms with van der Waals surface area (Å²) in [6, 6.07) is 8.40. The molecule has 8 rings (SSSR count). The zero-order valence-corrected chi connectivity index (χ0v) is 24.8. The largest absolute Gasteiger partial charge is 0.508 e. The van der Waals surface area contributed by atoms with Crippen molar-refractivity contribution in [3.63, 3.8) is 0 Å². The second kappa shape index (κ2) is 10.3. The number of ether oxygens (including phenoxy) is 1. The number of phenols is 1. The molecule has 4 atom stereocenters. The quantitative estimate of drug-likeness (QED) is 0.323. The first-order valence-electron chi connectivity index (χ1n) is 15.1. The number of pyridine rings is 1. The summed E-state index contributed by atoms with van der Waals surface area (Å²) in [5, 5.41) is 12.2. The van der Waals surface area contributed by atoms with Gasteiger partial charge in [0.25, 0.3) is 0 Å². The van der Waals surface area contributed by atoms with Crippen LogP contribution in [-0.2, 0) is 10.8 Å². The third-order valence-corrected chi connectivity index (χ3v) is 11.9. The predicted molar refractivity (Wildman–Crippen MR) is 166 cm³/mol. The minimum Gasteiger partial charge on any atom is -0.508 e. The Morgan fingerprint density at radius 2 is 2.00 bits per heavy atom. The minimum atomic E-state index is -0.909. The van der Waals surface area contributed by atoms with Gasteiger partial charge in [0.15, 0.2) is 5.82 Å². The van der Waals surface area contributed by atoms with E-state index in [-0.39, 0.29) is 40.1 Å². The first-order chi connectivity index (χ1) is 21.3. The maximum Gasteiger partial charge on any atom is 0.319 e. The molecule has 4 aromatic rings. The van der Waals surface area contributed by atoms with E-state index in [1.54, 1.807) is 30.5 Å². The first-order valence-corrected chi connectivity index (χ1v) is 16.4. The molecule has 4 aliphatic rings. The van der Waals surface area contributed by atoms with Gasteiger partial charge >= 0.3 is 6.01 Å². The van der Waals surface area contributed by atoms with Gasteiger partial charge in [0.2, 0.25) is 0 Å². The Kier molecular flexibility index (Phi) is 6.50. The monoisotopic (exact) mass is 615 g/mol. The van der Waals surface area contributed by atoms with Crippen LogP contribution in [-0.4, -0.2) is 84.2 Å². The van der Waals surface area contributed by atoms with E-state index in [0.717, 1.165) is 32.2 Å². The van der Waals surface area contributed by atoms with E-state index in [1.807, 2.05) is 0 Å². The molecule has 0 saturated carbocycles. The summed E-state index contributed by atoms with van der Waals surface area (Å²) in [6.07, 6.45) is 10.4. The lowest BCUT2D eigenvalue weighted by molar-refractivity contribution is 0.107. The number of phenolic OH excluding ortho intramolecular Hbond substituents is 1. The van der Waals surface area contributed by atoms with Crippen molar-refractivity contribution in [2.45, 2.75) is 54.3 Å². The second-order valence-electron chi connectivity index (χ2n) is 12.5. The van der Waals surface area contributed by atoms with Gasteiger partial charge in [-0.05, 0) is 55.8 Å². The van der Waals surface area contributed by atoms with Crippen LogP contribution in [0.25, 0.3) is 32.9 Å². The molecule has 44 heavy (non-hydrogen) atoms. The van der Waals surface area contributed by atoms with Gasteiger partial charge in [0.1, 0.15) is 35.6 Å². The second-order valence-corrected chi connectivity index (χ2v) is 14.5. The highest BCUT2D eigenvalue weighted by atomic mass is 32.2. The molecule has 0 aliphatic carbocycles. The molecule has 6 heterocycles. The number of aromatic nitrogens is 3. The van der Waals surface area contributed by atoms with Crippen LogP contribution in [0.2, 0.25) is 0 Å². The van der Waals surface area contributed by atoms with Crippen LogP contribution >= 0.6 is 0 Å². The van der Waals surface area contributed by atoms with Gasteiger partial charge in [-0.15, -0.1) is 6.42 Å². The van der Waals surface area contributed by atoms with Crippen molar-refractivity contribution in [3.05, 3.63) is 47.9 Å². The maximum absolute atomic E-state index is 16.7. The molecule has 4 aliphatic heterocycles. The number of terminal acetylenes is 1. The normalized spacial score (nSPS) is 28.1. The van der Waals surface area contributed by atoms with Crippen LogP contribution in [0.5, 0.6) is 11.8 Å². The first kappa shape index (κ1) is 27.7. The number of anilines is 1. The summed E-state index contributed by atoms with van der Waals surface area (Å²) in [4.78, 5) is 18.1. The van der Waals surface area contributed by atoms with Crippen LogP contribution in [0.4, 0.5) is 14.6 Å². The Hall–Kier alpha value is -3.88. The number of aromatic hydroxyl groups is 1. The van der Waals surface area contributed by atoms with Gasteiger partial charge in [0, 0.05) is 59.6 Å². The molecule has 11 heteroatoms. The third-order valence-electron chi connectivity index (χ3n) is 9.86. The summed E-state index contributed by atoms with van der Waals surface area (Å²) in [7, 11) is -0.904. The van der Waals surface area contributed by atoms with Gasteiger partial charge in [0.05, 0.1) is 21.4 Å². The minimum absolute atomic E-state index is 0.00635. The van der Waals surface area contributed by atoms with Gasteiger partial charge in [-0.1, -0.05) is 18.1 Å². The van der Waals surface area contributed by atoms with Crippen molar-refractivity contribution < 1.29 is 22.8 Å². The Balaban J connectivity index is 1.27. The molecule has 226 valence electrons. The van der Waals surface area contributed by atoms with Crippen molar-refractivity contribution in [3.8, 4) is 35.4 Å². The number of halogens is 2. The SMILES string of the molecule is C#Cc1cccc2cc(O)cc(-c3ncc4c(N5CC6CCC(C5)S6=O)nc(OC[C@@]56CCCN5C[C@H](F)C6)nc4c3F)c12. The van der Waals surface area contributed by atoms with Crippen molar-refractivity contribution in [2.24, 2.45) is 0 Å². The summed E-state index contributed by atoms with van der Waals surface area (Å²) in [6.45, 7) is 2.48. The van der Waals surface area contributed by atoms with E-state index in [4.69, 9.17) is 16.1 Å². The maximum atomic E-state index is 16.7. The fourth-order valence-electron chi connectivity index (χ4n) is 7.83. The fourth-order valence-corrected chi connectivity index (χ4v) is 9.76. The highest BCUT2D eigenvalue weighted by molar-refractivity contribution is 7.86. The molecule has 0 amide bonds. The molecular formula is C33H31F2N5O3S. The van der Waals surface area contributed by atoms with E-state index in [2.05, 4.69) is 25.7 Å². The van der Waals surface area contributed by atoms with E-state index in [0.29, 0.717) is 59.2 Å². The molecule has 2 unspecified atom stereocenters. The Morgan fingerprint density at radius 1 is 1.18 bits per heavy atom. The molecule has 0 radical (unpaired) electrons. The van der Waals surface area contributed by atoms with Crippen molar-refractivity contribution in [2.75, 3.05) is 37.7 Å². The molecule has 8 nitrogen and oxygen atoms in total. The molecule has 4 fully saturated rings. The summed E-state index contributed by atoms with van der Waals surface area (Å²) < 4.78 is 50.2. The zero-order chi connectivity index (χ0) is 30.2. The van der Waals surface area contributed by atoms with E-state index in [9.17, 15) is 13.7 Å². The lowest BCUT2D eigenvalue weighted by atomic mass is 9.95. The van der Waals surface area contributed by atoms with Crippen molar-refractivity contribution in [1.82, 2.24) is 19.9 Å². The topological polar surface area (TPSA) is 91.7 Å². The van der Waals surface area contributed by atoms with Crippen LogP contribution in [0, 0.1) is 18.2 Å². The Bertz CT molecular complexity index is 1880. The van der Waals surface area contributed by atoms with Crippen LogP contribution in [0.15, 0.2) is 36.5 Å². The molecule has 2 aromatic carbocycles. The fraction of sp³-hybridized carbons (Fsp3) is 0.424. The third kappa shape index (κ3) is 4.33. The molecule has 2 bridgehead atoms. The molecule has 4 saturated heterocycles. The van der Waals surface area contributed by atoms with E-state index in [1.165, 1.54) is 6.07 Å². The number of nitrogens with zero attached hydrogens (tertiary/aromatic N) is 5. The van der Waals surface area contributed by atoms with Crippen molar-refractivity contribution in [1.29, 1.82) is 0 Å². The summed E-state index contributed by atoms with van der Waals surface area (Å²) in [5.41, 5.74) is 0.494. The van der Waals surface area contributed by atoms with Gasteiger partial charge in [-0.2, -0.15) is 9.97 Å². The highest BCUT2D eigenvalue weighted by Gasteiger charge is 2.49. The van der Waals surface area contributed by atoms with E-state index < -0.39 is 28.3 Å². The average Bonchev–Trinajstić information content (AvgIpc) is 3.59. The Morgan fingerprint density at radius 3 is 2.80 bits per heavy atom. The smallest absolute Gasteiger partial charge is 0.319 e. The highest BCUT2D eigenvalue weighted by Crippen LogP contribution is 2.42. The van der Waals surface area contributed by atoms with E-state index >= 15 is 4.39 Å². The standard InChI is InChI=1S/C33H31F2N5O3S/c1-2-19-5-3-6-20-11-22(41)12-25(27(19)20)29-28(35)30-26(14-36-29)31(39-16-23-7-8-24(17-39)44(23)42)38-32(37-30)43-18-33-9-4-10-40(33)15-21(34)13-33/h1,3,5-6,11-12,14,21,23-24,41H,4,7-10,13,15-18H2/t21-,23?,24?,33+,44?/m1/s1. The molecular weight excluding hydrogens is 584 g/mol. The predicted octanol–water partition coefficient (Wildman–Crippen LogP) is 4.73. The van der Waals surface area contributed by atoms with Gasteiger partial charge in [-0.3, -0.25) is 14.1 Å². The molecule has 1 N–H and O–H groups in total. The average molecular weight is 616 g/mol. The van der Waals surface area contributed by atoms with Crippen molar-refractivity contribution >= 4 is 38.3 Å². The lowest BCUT2D eigenvalue weighted by Gasteiger charge is -2.33. The number of alkyl halides is 1. The number of fused-ring (bicyclic) bond motifs is 5. The molecule has 2 aromatic heterocycles. The van der Waals surface area contributed by atoms with Crippen LogP contribution in [0.1, 0.15) is 37.7 Å². The molecule has 0 spiro atoms. The van der Waals surface area contributed by atoms with Crippen LogP contribution in [0.3, 0.4) is 0 Å². The van der Waals surface area contributed by atoms with Gasteiger partial charge < -0.3 is 14.7 Å².